The second kappa shape index (κ2) is 11.9. The maximum atomic E-state index is 12.6. The van der Waals surface area contributed by atoms with Gasteiger partial charge in [0.2, 0.25) is 0 Å². The fraction of sp³-hybridized carbons (Fsp3) is 0.214. The van der Waals surface area contributed by atoms with E-state index < -0.39 is 11.9 Å². The van der Waals surface area contributed by atoms with Crippen molar-refractivity contribution in [1.29, 1.82) is 0 Å². The number of H-pyrrole nitrogens is 1. The van der Waals surface area contributed by atoms with E-state index in [2.05, 4.69) is 32.8 Å². The van der Waals surface area contributed by atoms with Crippen molar-refractivity contribution in [2.45, 2.75) is 39.5 Å². The molecule has 4 aromatic rings. The molecule has 0 atom stereocenters. The molecule has 6 N–H and O–H groups in total. The number of benzene rings is 2. The number of rotatable bonds is 10. The number of carbonyl (C=O) groups is 3. The minimum Gasteiger partial charge on any atom is -0.455 e. The number of aryl methyl sites for hydroxylation is 2. The van der Waals surface area contributed by atoms with Crippen LogP contribution in [0.4, 0.5) is 22.0 Å². The Hall–Kier alpha value is -4.86. The van der Waals surface area contributed by atoms with Gasteiger partial charge in [0.05, 0.1) is 6.42 Å². The van der Waals surface area contributed by atoms with E-state index in [9.17, 15) is 14.4 Å². The Morgan fingerprint density at radius 2 is 1.74 bits per heavy atom. The van der Waals surface area contributed by atoms with E-state index >= 15 is 0 Å². The lowest BCUT2D eigenvalue weighted by atomic mass is 10.1. The number of urea groups is 1. The fourth-order valence-electron chi connectivity index (χ4n) is 3.84. The number of furan rings is 1. The van der Waals surface area contributed by atoms with Crippen LogP contribution in [0.5, 0.6) is 0 Å². The molecule has 2 aromatic carbocycles. The summed E-state index contributed by atoms with van der Waals surface area (Å²) in [5.74, 6) is -0.239. The number of imidazole rings is 1. The summed E-state index contributed by atoms with van der Waals surface area (Å²) in [7, 11) is 0. The average Bonchev–Trinajstić information content (AvgIpc) is 3.52. The highest BCUT2D eigenvalue weighted by molar-refractivity contribution is 6.04. The highest BCUT2D eigenvalue weighted by atomic mass is 16.3. The van der Waals surface area contributed by atoms with Gasteiger partial charge in [0.15, 0.2) is 11.5 Å². The van der Waals surface area contributed by atoms with Crippen LogP contribution in [0.3, 0.4) is 0 Å². The zero-order valence-corrected chi connectivity index (χ0v) is 21.3. The molecule has 4 amide bonds. The van der Waals surface area contributed by atoms with Crippen LogP contribution in [0.15, 0.2) is 65.1 Å². The van der Waals surface area contributed by atoms with E-state index in [-0.39, 0.29) is 29.6 Å². The molecular weight excluding hydrogens is 484 g/mol. The molecule has 4 rings (SSSR count). The Morgan fingerprint density at radius 1 is 0.974 bits per heavy atom. The number of anilines is 3. The van der Waals surface area contributed by atoms with Gasteiger partial charge in [-0.25, -0.2) is 9.78 Å². The fourth-order valence-corrected chi connectivity index (χ4v) is 3.84. The van der Waals surface area contributed by atoms with Crippen molar-refractivity contribution >= 4 is 35.0 Å². The summed E-state index contributed by atoms with van der Waals surface area (Å²) < 4.78 is 5.68. The number of aromatic nitrogens is 2. The number of aromatic amines is 1. The molecule has 0 bridgehead atoms. The summed E-state index contributed by atoms with van der Waals surface area (Å²) in [4.78, 5) is 44.2. The van der Waals surface area contributed by atoms with Gasteiger partial charge in [-0.1, -0.05) is 43.7 Å². The predicted octanol–water partition coefficient (Wildman–Crippen LogP) is 5.24. The number of amides is 4. The van der Waals surface area contributed by atoms with E-state index in [1.54, 1.807) is 18.2 Å². The Kier molecular flexibility index (Phi) is 8.22. The standard InChI is InChI=1S/C28H30N6O4/c1-3-4-8-18-10-12-19(13-11-18)30-28(37)34-26-24(25(29)35)32-23(33-26)16-20-14-15-22(38-20)27(36)31-21-9-6-5-7-17(21)2/h5-7,9-15H,3-4,8,16H2,1-2H3,(H2,29,35)(H,31,36)(H,32,33)(H2,30,34,37). The summed E-state index contributed by atoms with van der Waals surface area (Å²) in [5.41, 5.74) is 8.77. The molecule has 0 unspecified atom stereocenters. The minimum atomic E-state index is -0.805. The SMILES string of the molecule is CCCCc1ccc(NC(=O)Nc2[nH]c(Cc3ccc(C(=O)Nc4ccccc4C)o3)nc2C(N)=O)cc1. The van der Waals surface area contributed by atoms with Crippen LogP contribution < -0.4 is 21.7 Å². The van der Waals surface area contributed by atoms with Gasteiger partial charge in [-0.05, 0) is 61.2 Å². The smallest absolute Gasteiger partial charge is 0.324 e. The normalized spacial score (nSPS) is 10.7. The molecule has 2 heterocycles. The molecule has 0 aliphatic carbocycles. The zero-order chi connectivity index (χ0) is 27.1. The molecule has 38 heavy (non-hydrogen) atoms. The number of unbranched alkanes of at least 4 members (excludes halogenated alkanes) is 1. The molecule has 2 aromatic heterocycles. The lowest BCUT2D eigenvalue weighted by molar-refractivity contribution is 0.0988. The van der Waals surface area contributed by atoms with Crippen LogP contribution in [-0.4, -0.2) is 27.8 Å². The van der Waals surface area contributed by atoms with E-state index in [1.165, 1.54) is 5.56 Å². The Bertz CT molecular complexity index is 1440. The van der Waals surface area contributed by atoms with Gasteiger partial charge in [-0.15, -0.1) is 0 Å². The van der Waals surface area contributed by atoms with Crippen LogP contribution in [-0.2, 0) is 12.8 Å². The third kappa shape index (κ3) is 6.67. The lowest BCUT2D eigenvalue weighted by Crippen LogP contribution is -2.22. The topological polar surface area (TPSA) is 155 Å². The Balaban J connectivity index is 1.40. The first-order valence-corrected chi connectivity index (χ1v) is 12.3. The van der Waals surface area contributed by atoms with Gasteiger partial charge in [-0.3, -0.25) is 14.9 Å². The van der Waals surface area contributed by atoms with Crippen LogP contribution >= 0.6 is 0 Å². The highest BCUT2D eigenvalue weighted by Crippen LogP contribution is 2.20. The first-order chi connectivity index (χ1) is 18.3. The minimum absolute atomic E-state index is 0.0636. The first kappa shape index (κ1) is 26.2. The number of nitrogens with one attached hydrogen (secondary N) is 4. The molecule has 10 heteroatoms. The third-order valence-electron chi connectivity index (χ3n) is 5.88. The van der Waals surface area contributed by atoms with E-state index in [1.807, 2.05) is 49.4 Å². The van der Waals surface area contributed by atoms with Crippen molar-refractivity contribution in [2.24, 2.45) is 5.73 Å². The summed E-state index contributed by atoms with van der Waals surface area (Å²) in [6.07, 6.45) is 3.34. The zero-order valence-electron chi connectivity index (χ0n) is 21.3. The molecular formula is C28H30N6O4. The number of carbonyl (C=O) groups excluding carboxylic acids is 3. The summed E-state index contributed by atoms with van der Waals surface area (Å²) in [5, 5.41) is 8.13. The molecule has 0 fully saturated rings. The molecule has 0 saturated carbocycles. The number of hydrogen-bond acceptors (Lipinski definition) is 5. The van der Waals surface area contributed by atoms with Crippen LogP contribution in [0.1, 0.15) is 63.5 Å². The number of nitrogens with zero attached hydrogens (tertiary/aromatic N) is 1. The largest absolute Gasteiger partial charge is 0.455 e. The second-order valence-corrected chi connectivity index (χ2v) is 8.86. The number of hydrogen-bond donors (Lipinski definition) is 5. The van der Waals surface area contributed by atoms with Crippen molar-refractivity contribution in [3.05, 3.63) is 94.8 Å². The number of para-hydroxylation sites is 1. The highest BCUT2D eigenvalue weighted by Gasteiger charge is 2.19. The molecule has 0 radical (unpaired) electrons. The average molecular weight is 515 g/mol. The number of nitrogens with two attached hydrogens (primary N) is 1. The van der Waals surface area contributed by atoms with E-state index in [4.69, 9.17) is 10.2 Å². The molecule has 0 spiro atoms. The van der Waals surface area contributed by atoms with Crippen molar-refractivity contribution < 1.29 is 18.8 Å². The second-order valence-electron chi connectivity index (χ2n) is 8.86. The van der Waals surface area contributed by atoms with Crippen LogP contribution in [0.25, 0.3) is 0 Å². The summed E-state index contributed by atoms with van der Waals surface area (Å²) >= 11 is 0. The van der Waals surface area contributed by atoms with Gasteiger partial charge in [-0.2, -0.15) is 0 Å². The molecule has 0 aliphatic heterocycles. The molecule has 10 nitrogen and oxygen atoms in total. The van der Waals surface area contributed by atoms with Gasteiger partial charge in [0, 0.05) is 11.4 Å². The Morgan fingerprint density at radius 3 is 2.45 bits per heavy atom. The molecule has 0 saturated heterocycles. The van der Waals surface area contributed by atoms with Crippen LogP contribution in [0, 0.1) is 6.92 Å². The Labute approximate surface area is 220 Å². The predicted molar refractivity (Wildman–Crippen MR) is 145 cm³/mol. The van der Waals surface area contributed by atoms with E-state index in [0.29, 0.717) is 23.0 Å². The van der Waals surface area contributed by atoms with Crippen LogP contribution in [0.2, 0.25) is 0 Å². The maximum absolute atomic E-state index is 12.6. The first-order valence-electron chi connectivity index (χ1n) is 12.3. The van der Waals surface area contributed by atoms with Crippen molar-refractivity contribution in [3.63, 3.8) is 0 Å². The van der Waals surface area contributed by atoms with Gasteiger partial charge >= 0.3 is 6.03 Å². The van der Waals surface area contributed by atoms with Crippen molar-refractivity contribution in [3.8, 4) is 0 Å². The monoisotopic (exact) mass is 514 g/mol. The quantitative estimate of drug-likeness (QED) is 0.196. The van der Waals surface area contributed by atoms with Crippen molar-refractivity contribution in [2.75, 3.05) is 16.0 Å². The third-order valence-corrected chi connectivity index (χ3v) is 5.88. The summed E-state index contributed by atoms with van der Waals surface area (Å²) in [6, 6.07) is 17.6. The van der Waals surface area contributed by atoms with E-state index in [0.717, 1.165) is 24.8 Å². The number of primary amides is 1. The maximum Gasteiger partial charge on any atom is 0.324 e. The molecule has 196 valence electrons. The summed E-state index contributed by atoms with van der Waals surface area (Å²) in [6.45, 7) is 4.03. The lowest BCUT2D eigenvalue weighted by Gasteiger charge is -2.08. The van der Waals surface area contributed by atoms with Gasteiger partial charge in [0.25, 0.3) is 11.8 Å². The molecule has 0 aliphatic rings. The van der Waals surface area contributed by atoms with Gasteiger partial charge < -0.3 is 25.8 Å². The van der Waals surface area contributed by atoms with Gasteiger partial charge in [0.1, 0.15) is 17.4 Å². The van der Waals surface area contributed by atoms with Crippen molar-refractivity contribution in [1.82, 2.24) is 9.97 Å².